The molecule has 1 aliphatic heterocycles. The Labute approximate surface area is 169 Å². The molecule has 0 fully saturated rings. The van der Waals surface area contributed by atoms with Gasteiger partial charge in [0.1, 0.15) is 24.7 Å². The summed E-state index contributed by atoms with van der Waals surface area (Å²) in [4.78, 5) is 4.93. The van der Waals surface area contributed by atoms with E-state index in [0.717, 1.165) is 51.5 Å². The molecule has 0 amide bonds. The number of imidazole rings is 1. The molecular formula is C23H22N2O2S. The molecule has 0 spiro atoms. The topological polar surface area (TPSA) is 36.3 Å². The number of hydrogen-bond acceptors (Lipinski definition) is 4. The number of ether oxygens (including phenoxy) is 2. The maximum absolute atomic E-state index is 5.61. The van der Waals surface area contributed by atoms with Crippen LogP contribution in [0.2, 0.25) is 0 Å². The predicted octanol–water partition coefficient (Wildman–Crippen LogP) is 5.45. The van der Waals surface area contributed by atoms with Crippen molar-refractivity contribution in [1.29, 1.82) is 0 Å². The van der Waals surface area contributed by atoms with Gasteiger partial charge < -0.3 is 14.0 Å². The van der Waals surface area contributed by atoms with Crippen LogP contribution in [0.4, 0.5) is 0 Å². The highest BCUT2D eigenvalue weighted by Crippen LogP contribution is 2.39. The number of benzene rings is 2. The van der Waals surface area contributed by atoms with E-state index in [2.05, 4.69) is 42.0 Å². The number of aromatic nitrogens is 2. The Bertz CT molecular complexity index is 975. The quantitative estimate of drug-likeness (QED) is 0.479. The molecule has 4 rings (SSSR count). The molecule has 2 aromatic carbocycles. The molecule has 0 bridgehead atoms. The zero-order valence-corrected chi connectivity index (χ0v) is 16.5. The van der Waals surface area contributed by atoms with E-state index in [4.69, 9.17) is 14.5 Å². The lowest BCUT2D eigenvalue weighted by Gasteiger charge is -2.10. The van der Waals surface area contributed by atoms with Crippen molar-refractivity contribution in [3.8, 4) is 34.0 Å². The van der Waals surface area contributed by atoms with Gasteiger partial charge in [0.05, 0.1) is 11.4 Å². The number of fused-ring (bicyclic) bond motifs is 1. The Kier molecular flexibility index (Phi) is 5.53. The molecule has 3 aromatic rings. The highest BCUT2D eigenvalue weighted by molar-refractivity contribution is 7.99. The Morgan fingerprint density at radius 3 is 2.04 bits per heavy atom. The van der Waals surface area contributed by atoms with Crippen LogP contribution < -0.4 is 9.47 Å². The first-order valence-electron chi connectivity index (χ1n) is 9.21. The van der Waals surface area contributed by atoms with E-state index >= 15 is 0 Å². The van der Waals surface area contributed by atoms with E-state index in [-0.39, 0.29) is 0 Å². The van der Waals surface area contributed by atoms with Crippen molar-refractivity contribution in [3.63, 3.8) is 0 Å². The van der Waals surface area contributed by atoms with Crippen molar-refractivity contribution in [1.82, 2.24) is 9.55 Å². The Morgan fingerprint density at radius 2 is 1.46 bits per heavy atom. The highest BCUT2D eigenvalue weighted by atomic mass is 32.2. The summed E-state index contributed by atoms with van der Waals surface area (Å²) >= 11 is 1.80. The smallest absolute Gasteiger partial charge is 0.169 e. The molecule has 4 nitrogen and oxygen atoms in total. The van der Waals surface area contributed by atoms with Crippen LogP contribution in [0.1, 0.15) is 0 Å². The summed E-state index contributed by atoms with van der Waals surface area (Å²) in [6.07, 6.45) is 3.49. The Hall–Kier alpha value is -2.92. The SMILES string of the molecule is C=CCOc1ccc(-c2nc3n(c2-c2ccc(OCC=C)cc2)CCS3)cc1. The second-order valence-corrected chi connectivity index (χ2v) is 7.40. The van der Waals surface area contributed by atoms with Crippen molar-refractivity contribution < 1.29 is 9.47 Å². The summed E-state index contributed by atoms with van der Waals surface area (Å²) in [6.45, 7) is 9.35. The van der Waals surface area contributed by atoms with Crippen LogP contribution in [-0.4, -0.2) is 28.5 Å². The van der Waals surface area contributed by atoms with Gasteiger partial charge in [-0.1, -0.05) is 37.1 Å². The molecule has 5 heteroatoms. The van der Waals surface area contributed by atoms with Crippen molar-refractivity contribution in [2.45, 2.75) is 11.7 Å². The minimum Gasteiger partial charge on any atom is -0.490 e. The minimum absolute atomic E-state index is 0.500. The van der Waals surface area contributed by atoms with Crippen LogP contribution in [0.15, 0.2) is 79.0 Å². The molecule has 0 radical (unpaired) electrons. The first kappa shape index (κ1) is 18.4. The molecule has 0 saturated carbocycles. The van der Waals surface area contributed by atoms with Gasteiger partial charge in [0.15, 0.2) is 5.16 Å². The number of thioether (sulfide) groups is 1. The summed E-state index contributed by atoms with van der Waals surface area (Å²) in [5, 5.41) is 1.07. The summed E-state index contributed by atoms with van der Waals surface area (Å²) in [5.41, 5.74) is 4.36. The van der Waals surface area contributed by atoms with Crippen LogP contribution in [0.5, 0.6) is 11.5 Å². The first-order chi connectivity index (χ1) is 13.8. The van der Waals surface area contributed by atoms with Crippen molar-refractivity contribution >= 4 is 11.8 Å². The van der Waals surface area contributed by atoms with Crippen molar-refractivity contribution in [3.05, 3.63) is 73.8 Å². The van der Waals surface area contributed by atoms with Crippen LogP contribution in [0, 0.1) is 0 Å². The second-order valence-electron chi connectivity index (χ2n) is 6.34. The number of nitrogens with zero attached hydrogens (tertiary/aromatic N) is 2. The second kappa shape index (κ2) is 8.40. The standard InChI is InChI=1S/C23H22N2O2S/c1-3-14-26-19-9-5-17(6-10-19)21-22(25-13-16-28-23(25)24-21)18-7-11-20(12-8-18)27-15-4-2/h3-12H,1-2,13-16H2. The maximum atomic E-state index is 5.61. The molecule has 1 aliphatic rings. The normalized spacial score (nSPS) is 12.4. The lowest BCUT2D eigenvalue weighted by atomic mass is 10.0. The minimum atomic E-state index is 0.500. The number of hydrogen-bond donors (Lipinski definition) is 0. The molecule has 28 heavy (non-hydrogen) atoms. The van der Waals surface area contributed by atoms with Crippen molar-refractivity contribution in [2.24, 2.45) is 0 Å². The average Bonchev–Trinajstić information content (AvgIpc) is 3.33. The van der Waals surface area contributed by atoms with Gasteiger partial charge in [-0.25, -0.2) is 4.98 Å². The van der Waals surface area contributed by atoms with Gasteiger partial charge in [0, 0.05) is 23.4 Å². The van der Waals surface area contributed by atoms with E-state index in [9.17, 15) is 0 Å². The fourth-order valence-electron chi connectivity index (χ4n) is 3.20. The fourth-order valence-corrected chi connectivity index (χ4v) is 4.15. The molecular weight excluding hydrogens is 368 g/mol. The Balaban J connectivity index is 1.69. The van der Waals surface area contributed by atoms with Crippen LogP contribution in [0.25, 0.3) is 22.5 Å². The summed E-state index contributed by atoms with van der Waals surface area (Å²) < 4.78 is 13.5. The van der Waals surface area contributed by atoms with Crippen LogP contribution in [0.3, 0.4) is 0 Å². The van der Waals surface area contributed by atoms with Gasteiger partial charge in [0.25, 0.3) is 0 Å². The largest absolute Gasteiger partial charge is 0.490 e. The molecule has 1 aromatic heterocycles. The monoisotopic (exact) mass is 390 g/mol. The predicted molar refractivity (Wildman–Crippen MR) is 115 cm³/mol. The Morgan fingerprint density at radius 1 is 0.893 bits per heavy atom. The molecule has 0 unspecified atom stereocenters. The zero-order valence-electron chi connectivity index (χ0n) is 15.6. The molecule has 142 valence electrons. The van der Waals surface area contributed by atoms with Crippen LogP contribution in [-0.2, 0) is 6.54 Å². The maximum Gasteiger partial charge on any atom is 0.169 e. The fraction of sp³-hybridized carbons (Fsp3) is 0.174. The van der Waals surface area contributed by atoms with Gasteiger partial charge in [0.2, 0.25) is 0 Å². The van der Waals surface area contributed by atoms with Gasteiger partial charge in [-0.2, -0.15) is 0 Å². The van der Waals surface area contributed by atoms with Crippen molar-refractivity contribution in [2.75, 3.05) is 19.0 Å². The summed E-state index contributed by atoms with van der Waals surface area (Å²) in [6, 6.07) is 16.3. The van der Waals surface area contributed by atoms with E-state index in [1.54, 1.807) is 23.9 Å². The number of rotatable bonds is 8. The van der Waals surface area contributed by atoms with Crippen LogP contribution >= 0.6 is 11.8 Å². The third-order valence-electron chi connectivity index (χ3n) is 4.47. The third-order valence-corrected chi connectivity index (χ3v) is 5.43. The lowest BCUT2D eigenvalue weighted by Crippen LogP contribution is -1.98. The van der Waals surface area contributed by atoms with E-state index in [0.29, 0.717) is 13.2 Å². The molecule has 0 atom stereocenters. The molecule has 0 aliphatic carbocycles. The lowest BCUT2D eigenvalue weighted by molar-refractivity contribution is 0.363. The molecule has 0 N–H and O–H groups in total. The summed E-state index contributed by atoms with van der Waals surface area (Å²) in [7, 11) is 0. The zero-order chi connectivity index (χ0) is 19.3. The first-order valence-corrected chi connectivity index (χ1v) is 10.2. The van der Waals surface area contributed by atoms with E-state index in [1.165, 1.54) is 0 Å². The van der Waals surface area contributed by atoms with Gasteiger partial charge >= 0.3 is 0 Å². The van der Waals surface area contributed by atoms with Gasteiger partial charge in [-0.3, -0.25) is 0 Å². The molecule has 2 heterocycles. The van der Waals surface area contributed by atoms with E-state index < -0.39 is 0 Å². The molecule has 0 saturated heterocycles. The highest BCUT2D eigenvalue weighted by Gasteiger charge is 2.23. The summed E-state index contributed by atoms with van der Waals surface area (Å²) in [5.74, 6) is 2.73. The van der Waals surface area contributed by atoms with Gasteiger partial charge in [-0.05, 0) is 48.5 Å². The third kappa shape index (κ3) is 3.71. The average molecular weight is 391 g/mol. The van der Waals surface area contributed by atoms with E-state index in [1.807, 2.05) is 24.3 Å². The van der Waals surface area contributed by atoms with Gasteiger partial charge in [-0.15, -0.1) is 0 Å².